The van der Waals surface area contributed by atoms with Gasteiger partial charge in [0.25, 0.3) is 0 Å². The number of aromatic nitrogens is 3. The van der Waals surface area contributed by atoms with Crippen molar-refractivity contribution in [2.24, 2.45) is 0 Å². The molecule has 0 aliphatic heterocycles. The van der Waals surface area contributed by atoms with Gasteiger partial charge in [0.05, 0.1) is 0 Å². The molecule has 1 heterocycles. The Labute approximate surface area is 176 Å². The molecule has 0 spiro atoms. The summed E-state index contributed by atoms with van der Waals surface area (Å²) in [5.41, 5.74) is 2.20. The molecule has 27 heavy (non-hydrogen) atoms. The molecule has 0 unspecified atom stereocenters. The molecule has 0 N–H and O–H groups in total. The van der Waals surface area contributed by atoms with E-state index in [4.69, 9.17) is 16.3 Å². The van der Waals surface area contributed by atoms with Crippen molar-refractivity contribution < 1.29 is 4.74 Å². The van der Waals surface area contributed by atoms with E-state index in [-0.39, 0.29) is 0 Å². The number of ether oxygens (including phenoxy) is 1. The summed E-state index contributed by atoms with van der Waals surface area (Å²) in [7, 11) is 0. The number of rotatable bonds is 8. The summed E-state index contributed by atoms with van der Waals surface area (Å²) in [4.78, 5) is 0. The van der Waals surface area contributed by atoms with E-state index >= 15 is 0 Å². The Hall–Kier alpha value is -1.76. The van der Waals surface area contributed by atoms with Crippen LogP contribution in [0.3, 0.4) is 0 Å². The Bertz CT molecular complexity index is 945. The summed E-state index contributed by atoms with van der Waals surface area (Å²) in [5, 5.41) is 10.2. The highest BCUT2D eigenvalue weighted by Crippen LogP contribution is 2.25. The van der Waals surface area contributed by atoms with E-state index < -0.39 is 0 Å². The number of allylic oxidation sites excluding steroid dienone is 1. The van der Waals surface area contributed by atoms with Gasteiger partial charge in [0.15, 0.2) is 11.0 Å². The highest BCUT2D eigenvalue weighted by Gasteiger charge is 2.13. The lowest BCUT2D eigenvalue weighted by Gasteiger charge is -2.10. The van der Waals surface area contributed by atoms with Crippen molar-refractivity contribution in [1.29, 1.82) is 0 Å². The van der Waals surface area contributed by atoms with Gasteiger partial charge in [-0.05, 0) is 48.4 Å². The number of hydrogen-bond donors (Lipinski definition) is 0. The monoisotopic (exact) mass is 463 g/mol. The first-order valence-corrected chi connectivity index (χ1v) is 10.5. The van der Waals surface area contributed by atoms with Crippen LogP contribution in [-0.4, -0.2) is 14.8 Å². The predicted molar refractivity (Wildman–Crippen MR) is 114 cm³/mol. The Morgan fingerprint density at radius 3 is 2.85 bits per heavy atom. The lowest BCUT2D eigenvalue weighted by atomic mass is 10.2. The van der Waals surface area contributed by atoms with E-state index in [1.807, 2.05) is 47.9 Å². The molecule has 0 radical (unpaired) electrons. The Morgan fingerprint density at radius 2 is 2.11 bits per heavy atom. The molecule has 0 fully saturated rings. The Morgan fingerprint density at radius 1 is 1.26 bits per heavy atom. The van der Waals surface area contributed by atoms with Crippen LogP contribution >= 0.6 is 39.3 Å². The van der Waals surface area contributed by atoms with Gasteiger partial charge in [-0.2, -0.15) is 0 Å². The summed E-state index contributed by atoms with van der Waals surface area (Å²) in [5.74, 6) is 2.33. The number of benzene rings is 2. The third kappa shape index (κ3) is 5.37. The van der Waals surface area contributed by atoms with Crippen LogP contribution in [0.1, 0.15) is 17.0 Å². The minimum absolute atomic E-state index is 0.333. The second kappa shape index (κ2) is 9.44. The zero-order chi connectivity index (χ0) is 19.2. The van der Waals surface area contributed by atoms with Gasteiger partial charge in [0.1, 0.15) is 12.4 Å². The van der Waals surface area contributed by atoms with E-state index in [1.54, 1.807) is 11.8 Å². The number of hydrogen-bond acceptors (Lipinski definition) is 4. The number of aryl methyl sites for hydroxylation is 1. The molecule has 4 nitrogen and oxygen atoms in total. The normalized spacial score (nSPS) is 10.8. The molecule has 0 atom stereocenters. The minimum atomic E-state index is 0.333. The smallest absolute Gasteiger partial charge is 0.191 e. The molecule has 2 aromatic carbocycles. The fraction of sp³-hybridized carbons (Fsp3) is 0.200. The van der Waals surface area contributed by atoms with Crippen LogP contribution in [0.4, 0.5) is 0 Å². The fourth-order valence-corrected chi connectivity index (χ4v) is 3.95. The summed E-state index contributed by atoms with van der Waals surface area (Å²) >= 11 is 11.2. The summed E-state index contributed by atoms with van der Waals surface area (Å²) in [6.45, 7) is 6.75. The van der Waals surface area contributed by atoms with Crippen molar-refractivity contribution in [3.63, 3.8) is 0 Å². The van der Waals surface area contributed by atoms with Crippen LogP contribution < -0.4 is 4.74 Å². The largest absolute Gasteiger partial charge is 0.486 e. The van der Waals surface area contributed by atoms with Crippen LogP contribution in [0.15, 0.2) is 64.7 Å². The van der Waals surface area contributed by atoms with Gasteiger partial charge in [-0.15, -0.1) is 16.8 Å². The van der Waals surface area contributed by atoms with Crippen LogP contribution in [0.2, 0.25) is 5.02 Å². The van der Waals surface area contributed by atoms with Gasteiger partial charge in [0, 0.05) is 21.8 Å². The molecule has 0 saturated heterocycles. The standard InChI is InChI=1S/C20H19BrClN3OS/c1-3-9-25-19(12-26-17-7-8-18(22)14(2)10-17)23-24-20(25)27-13-15-5-4-6-16(21)11-15/h3-8,10-11H,1,9,12-13H2,2H3. The maximum Gasteiger partial charge on any atom is 0.191 e. The molecular weight excluding hydrogens is 446 g/mol. The van der Waals surface area contributed by atoms with E-state index in [0.29, 0.717) is 13.2 Å². The van der Waals surface area contributed by atoms with E-state index in [0.717, 1.165) is 37.5 Å². The molecule has 0 aliphatic rings. The molecule has 7 heteroatoms. The summed E-state index contributed by atoms with van der Waals surface area (Å²) in [6.07, 6.45) is 1.84. The second-order valence-electron chi connectivity index (χ2n) is 5.92. The third-order valence-corrected chi connectivity index (χ3v) is 5.81. The first kappa shape index (κ1) is 20.0. The van der Waals surface area contributed by atoms with Gasteiger partial charge in [-0.25, -0.2) is 0 Å². The van der Waals surface area contributed by atoms with Gasteiger partial charge in [-0.3, -0.25) is 4.57 Å². The van der Waals surface area contributed by atoms with Crippen LogP contribution in [-0.2, 0) is 18.9 Å². The molecular formula is C20H19BrClN3OS. The molecule has 3 rings (SSSR count). The van der Waals surface area contributed by atoms with Gasteiger partial charge < -0.3 is 4.74 Å². The lowest BCUT2D eigenvalue weighted by molar-refractivity contribution is 0.289. The molecule has 3 aromatic rings. The molecule has 1 aromatic heterocycles. The van der Waals surface area contributed by atoms with Crippen LogP contribution in [0.5, 0.6) is 5.75 Å². The summed E-state index contributed by atoms with van der Waals surface area (Å²) < 4.78 is 8.97. The predicted octanol–water partition coefficient (Wildman–Crippen LogP) is 6.06. The average Bonchev–Trinajstić information content (AvgIpc) is 3.03. The Balaban J connectivity index is 1.70. The highest BCUT2D eigenvalue weighted by atomic mass is 79.9. The molecule has 0 saturated carbocycles. The topological polar surface area (TPSA) is 39.9 Å². The SMILES string of the molecule is C=CCn1c(COc2ccc(Cl)c(C)c2)nnc1SCc1cccc(Br)c1. The van der Waals surface area contributed by atoms with Crippen molar-refractivity contribution in [2.75, 3.05) is 0 Å². The van der Waals surface area contributed by atoms with Crippen molar-refractivity contribution in [3.8, 4) is 5.75 Å². The van der Waals surface area contributed by atoms with Crippen molar-refractivity contribution in [1.82, 2.24) is 14.8 Å². The van der Waals surface area contributed by atoms with Crippen LogP contribution in [0, 0.1) is 6.92 Å². The number of thioether (sulfide) groups is 1. The third-order valence-electron chi connectivity index (χ3n) is 3.86. The van der Waals surface area contributed by atoms with Crippen molar-refractivity contribution >= 4 is 39.3 Å². The number of nitrogens with zero attached hydrogens (tertiary/aromatic N) is 3. The second-order valence-corrected chi connectivity index (χ2v) is 8.18. The maximum atomic E-state index is 6.06. The zero-order valence-electron chi connectivity index (χ0n) is 14.9. The van der Waals surface area contributed by atoms with E-state index in [1.165, 1.54) is 5.56 Å². The van der Waals surface area contributed by atoms with Gasteiger partial charge in [0.2, 0.25) is 0 Å². The minimum Gasteiger partial charge on any atom is -0.486 e. The first-order chi connectivity index (χ1) is 13.1. The van der Waals surface area contributed by atoms with Gasteiger partial charge in [-0.1, -0.05) is 57.5 Å². The number of halogens is 2. The van der Waals surface area contributed by atoms with E-state index in [9.17, 15) is 0 Å². The summed E-state index contributed by atoms with van der Waals surface area (Å²) in [6, 6.07) is 13.9. The zero-order valence-corrected chi connectivity index (χ0v) is 18.0. The maximum absolute atomic E-state index is 6.06. The van der Waals surface area contributed by atoms with Crippen LogP contribution in [0.25, 0.3) is 0 Å². The fourth-order valence-electron chi connectivity index (χ4n) is 2.47. The van der Waals surface area contributed by atoms with Crippen molar-refractivity contribution in [2.45, 2.75) is 31.0 Å². The lowest BCUT2D eigenvalue weighted by Crippen LogP contribution is -2.07. The molecule has 140 valence electrons. The molecule has 0 bridgehead atoms. The molecule has 0 amide bonds. The molecule has 0 aliphatic carbocycles. The van der Waals surface area contributed by atoms with Gasteiger partial charge >= 0.3 is 0 Å². The Kier molecular flexibility index (Phi) is 6.99. The van der Waals surface area contributed by atoms with Crippen molar-refractivity contribution in [3.05, 3.63) is 81.6 Å². The average molecular weight is 465 g/mol. The highest BCUT2D eigenvalue weighted by molar-refractivity contribution is 9.10. The quantitative estimate of drug-likeness (QED) is 0.300. The van der Waals surface area contributed by atoms with E-state index in [2.05, 4.69) is 44.8 Å². The first-order valence-electron chi connectivity index (χ1n) is 8.36.